The second kappa shape index (κ2) is 11.0. The van der Waals surface area contributed by atoms with Crippen molar-refractivity contribution in [1.29, 1.82) is 0 Å². The molecule has 0 spiro atoms. The molecule has 6 heteroatoms. The highest BCUT2D eigenvalue weighted by Crippen LogP contribution is 2.28. The fourth-order valence-corrected chi connectivity index (χ4v) is 6.40. The predicted octanol–water partition coefficient (Wildman–Crippen LogP) is 4.88. The van der Waals surface area contributed by atoms with Crippen LogP contribution in [0.15, 0.2) is 89.8 Å². The summed E-state index contributed by atoms with van der Waals surface area (Å²) in [5.74, 6) is -0.470. The van der Waals surface area contributed by atoms with E-state index in [2.05, 4.69) is 5.32 Å². The van der Waals surface area contributed by atoms with Gasteiger partial charge in [0.05, 0.1) is 10.8 Å². The molecule has 1 unspecified atom stereocenters. The Hall–Kier alpha value is -2.96. The number of sulfonamides is 1. The van der Waals surface area contributed by atoms with Gasteiger partial charge in [0.25, 0.3) is 0 Å². The lowest BCUT2D eigenvalue weighted by atomic mass is 9.90. The van der Waals surface area contributed by atoms with E-state index in [0.29, 0.717) is 24.4 Å². The largest absolute Gasteiger partial charge is 0.355 e. The van der Waals surface area contributed by atoms with E-state index < -0.39 is 15.9 Å². The molecule has 4 rings (SSSR count). The molecule has 1 heterocycles. The number of carbonyl (C=O) groups is 1. The molecule has 0 saturated carbocycles. The molecule has 0 aliphatic carbocycles. The molecular formula is C28H32N2O3S. The summed E-state index contributed by atoms with van der Waals surface area (Å²) in [6, 6.07) is 26.4. The monoisotopic (exact) mass is 476 g/mol. The summed E-state index contributed by atoms with van der Waals surface area (Å²) in [5, 5.41) is 3.09. The highest BCUT2D eigenvalue weighted by atomic mass is 32.2. The SMILES string of the molecule is Cc1ccc(S(=O)(=O)N2CCCCC2CCNC(=O)C(c2ccccc2)c2ccccc2)cc1. The highest BCUT2D eigenvalue weighted by molar-refractivity contribution is 7.89. The first-order valence-electron chi connectivity index (χ1n) is 11.9. The summed E-state index contributed by atoms with van der Waals surface area (Å²) < 4.78 is 28.3. The zero-order valence-electron chi connectivity index (χ0n) is 19.6. The van der Waals surface area contributed by atoms with Gasteiger partial charge in [-0.25, -0.2) is 8.42 Å². The molecule has 178 valence electrons. The third kappa shape index (κ3) is 5.57. The van der Waals surface area contributed by atoms with Crippen LogP contribution in [0, 0.1) is 6.92 Å². The van der Waals surface area contributed by atoms with Crippen LogP contribution in [0.2, 0.25) is 0 Å². The number of nitrogens with one attached hydrogen (secondary N) is 1. The number of benzene rings is 3. The standard InChI is InChI=1S/C28H32N2O3S/c1-22-15-17-26(18-16-22)34(32,33)30-21-9-8-14-25(30)19-20-29-28(31)27(23-10-4-2-5-11-23)24-12-6-3-7-13-24/h2-7,10-13,15-18,25,27H,8-9,14,19-21H2,1H3,(H,29,31). The second-order valence-electron chi connectivity index (χ2n) is 8.91. The normalized spacial score (nSPS) is 16.9. The summed E-state index contributed by atoms with van der Waals surface area (Å²) in [4.78, 5) is 13.6. The average Bonchev–Trinajstić information content (AvgIpc) is 2.86. The maximum atomic E-state index is 13.3. The molecule has 1 saturated heterocycles. The van der Waals surface area contributed by atoms with E-state index in [1.807, 2.05) is 79.7 Å². The van der Waals surface area contributed by atoms with Crippen LogP contribution in [0.5, 0.6) is 0 Å². The molecule has 1 aliphatic heterocycles. The molecule has 1 aliphatic rings. The van der Waals surface area contributed by atoms with Crippen LogP contribution in [-0.2, 0) is 14.8 Å². The van der Waals surface area contributed by atoms with Crippen molar-refractivity contribution in [2.75, 3.05) is 13.1 Å². The Morgan fingerprint density at radius 2 is 1.50 bits per heavy atom. The Bertz CT molecular complexity index is 1140. The third-order valence-electron chi connectivity index (χ3n) is 6.51. The van der Waals surface area contributed by atoms with E-state index >= 15 is 0 Å². The lowest BCUT2D eigenvalue weighted by molar-refractivity contribution is -0.121. The number of hydrogen-bond acceptors (Lipinski definition) is 3. The molecule has 0 aromatic heterocycles. The summed E-state index contributed by atoms with van der Waals surface area (Å²) in [6.45, 7) is 2.89. The third-order valence-corrected chi connectivity index (χ3v) is 8.47. The molecule has 0 radical (unpaired) electrons. The molecule has 3 aromatic rings. The molecule has 34 heavy (non-hydrogen) atoms. The Labute approximate surface area is 202 Å². The Morgan fingerprint density at radius 3 is 2.09 bits per heavy atom. The van der Waals surface area contributed by atoms with E-state index in [0.717, 1.165) is 36.0 Å². The molecule has 1 fully saturated rings. The van der Waals surface area contributed by atoms with Crippen LogP contribution >= 0.6 is 0 Å². The average molecular weight is 477 g/mol. The number of aryl methyl sites for hydroxylation is 1. The Kier molecular flexibility index (Phi) is 7.80. The van der Waals surface area contributed by atoms with Gasteiger partial charge in [0.2, 0.25) is 15.9 Å². The van der Waals surface area contributed by atoms with Gasteiger partial charge < -0.3 is 5.32 Å². The van der Waals surface area contributed by atoms with Crippen LogP contribution in [0.25, 0.3) is 0 Å². The van der Waals surface area contributed by atoms with Gasteiger partial charge in [-0.05, 0) is 49.4 Å². The summed E-state index contributed by atoms with van der Waals surface area (Å²) in [6.07, 6.45) is 3.25. The van der Waals surface area contributed by atoms with E-state index in [1.165, 1.54) is 0 Å². The Balaban J connectivity index is 1.45. The van der Waals surface area contributed by atoms with E-state index in [-0.39, 0.29) is 11.9 Å². The zero-order valence-corrected chi connectivity index (χ0v) is 20.4. The van der Waals surface area contributed by atoms with Crippen molar-refractivity contribution in [1.82, 2.24) is 9.62 Å². The first-order chi connectivity index (χ1) is 16.5. The molecule has 1 amide bonds. The zero-order chi connectivity index (χ0) is 24.0. The quantitative estimate of drug-likeness (QED) is 0.504. The van der Waals surface area contributed by atoms with Gasteiger partial charge in [0, 0.05) is 19.1 Å². The Morgan fingerprint density at radius 1 is 0.912 bits per heavy atom. The van der Waals surface area contributed by atoms with Crippen molar-refractivity contribution in [3.05, 3.63) is 102 Å². The second-order valence-corrected chi connectivity index (χ2v) is 10.8. The van der Waals surface area contributed by atoms with Gasteiger partial charge in [-0.3, -0.25) is 4.79 Å². The molecule has 1 atom stereocenters. The minimum Gasteiger partial charge on any atom is -0.355 e. The van der Waals surface area contributed by atoms with Crippen LogP contribution in [-0.4, -0.2) is 37.8 Å². The van der Waals surface area contributed by atoms with Gasteiger partial charge in [-0.15, -0.1) is 0 Å². The molecular weight excluding hydrogens is 444 g/mol. The van der Waals surface area contributed by atoms with Crippen molar-refractivity contribution in [3.8, 4) is 0 Å². The molecule has 0 bridgehead atoms. The summed E-state index contributed by atoms with van der Waals surface area (Å²) >= 11 is 0. The van der Waals surface area contributed by atoms with Gasteiger partial charge in [0.1, 0.15) is 0 Å². The van der Waals surface area contributed by atoms with Gasteiger partial charge in [-0.1, -0.05) is 84.8 Å². The maximum Gasteiger partial charge on any atom is 0.243 e. The fraction of sp³-hybridized carbons (Fsp3) is 0.321. The van der Waals surface area contributed by atoms with Crippen molar-refractivity contribution in [2.45, 2.75) is 49.5 Å². The van der Waals surface area contributed by atoms with E-state index in [1.54, 1.807) is 16.4 Å². The van der Waals surface area contributed by atoms with E-state index in [4.69, 9.17) is 0 Å². The number of carbonyl (C=O) groups excluding carboxylic acids is 1. The number of nitrogens with zero attached hydrogens (tertiary/aromatic N) is 1. The van der Waals surface area contributed by atoms with Gasteiger partial charge in [-0.2, -0.15) is 4.31 Å². The first kappa shape index (κ1) is 24.2. The topological polar surface area (TPSA) is 66.5 Å². The van der Waals surface area contributed by atoms with E-state index in [9.17, 15) is 13.2 Å². The predicted molar refractivity (Wildman–Crippen MR) is 135 cm³/mol. The fourth-order valence-electron chi connectivity index (χ4n) is 4.67. The van der Waals surface area contributed by atoms with Crippen LogP contribution in [0.3, 0.4) is 0 Å². The maximum absolute atomic E-state index is 13.3. The van der Waals surface area contributed by atoms with Crippen LogP contribution < -0.4 is 5.32 Å². The number of amides is 1. The minimum absolute atomic E-state index is 0.0684. The number of hydrogen-bond donors (Lipinski definition) is 1. The van der Waals surface area contributed by atoms with Crippen LogP contribution in [0.4, 0.5) is 0 Å². The lowest BCUT2D eigenvalue weighted by Gasteiger charge is -2.35. The molecule has 5 nitrogen and oxygen atoms in total. The van der Waals surface area contributed by atoms with Crippen LogP contribution in [0.1, 0.15) is 48.3 Å². The van der Waals surface area contributed by atoms with Gasteiger partial charge in [0.15, 0.2) is 0 Å². The van der Waals surface area contributed by atoms with Crippen molar-refractivity contribution in [2.24, 2.45) is 0 Å². The van der Waals surface area contributed by atoms with Gasteiger partial charge >= 0.3 is 0 Å². The summed E-state index contributed by atoms with van der Waals surface area (Å²) in [5.41, 5.74) is 2.91. The minimum atomic E-state index is -3.56. The molecule has 1 N–H and O–H groups in total. The highest BCUT2D eigenvalue weighted by Gasteiger charge is 2.33. The number of rotatable bonds is 8. The van der Waals surface area contributed by atoms with Crippen molar-refractivity contribution in [3.63, 3.8) is 0 Å². The first-order valence-corrected chi connectivity index (χ1v) is 13.4. The smallest absolute Gasteiger partial charge is 0.243 e. The number of piperidine rings is 1. The molecule has 3 aromatic carbocycles. The summed E-state index contributed by atoms with van der Waals surface area (Å²) in [7, 11) is -3.56. The van der Waals surface area contributed by atoms with Crippen molar-refractivity contribution < 1.29 is 13.2 Å². The van der Waals surface area contributed by atoms with Crippen molar-refractivity contribution >= 4 is 15.9 Å². The lowest BCUT2D eigenvalue weighted by Crippen LogP contribution is -2.45.